The summed E-state index contributed by atoms with van der Waals surface area (Å²) in [5.74, 6) is 0.0101. The smallest absolute Gasteiger partial charge is 0.332 e. The van der Waals surface area contributed by atoms with E-state index in [4.69, 9.17) is 4.74 Å². The maximum absolute atomic E-state index is 12.5. The van der Waals surface area contributed by atoms with Crippen LogP contribution in [0, 0.1) is 5.92 Å². The SMILES string of the molecule is CCOC(=O)C1(Nc2ccc(Br)cc2)CCNCC1C. The molecule has 1 heterocycles. The third-order valence-electron chi connectivity index (χ3n) is 3.84. The number of halogens is 1. The van der Waals surface area contributed by atoms with E-state index < -0.39 is 5.54 Å². The van der Waals surface area contributed by atoms with E-state index in [1.54, 1.807) is 0 Å². The lowest BCUT2D eigenvalue weighted by molar-refractivity contribution is -0.151. The summed E-state index contributed by atoms with van der Waals surface area (Å²) in [6, 6.07) is 7.87. The average molecular weight is 341 g/mol. The van der Waals surface area contributed by atoms with Crippen molar-refractivity contribution in [3.05, 3.63) is 28.7 Å². The van der Waals surface area contributed by atoms with Crippen molar-refractivity contribution in [2.45, 2.75) is 25.8 Å². The maximum Gasteiger partial charge on any atom is 0.332 e. The molecule has 1 saturated heterocycles. The van der Waals surface area contributed by atoms with E-state index in [9.17, 15) is 4.79 Å². The van der Waals surface area contributed by atoms with Crippen LogP contribution >= 0.6 is 15.9 Å². The zero-order valence-corrected chi connectivity index (χ0v) is 13.5. The number of hydrogen-bond donors (Lipinski definition) is 2. The fraction of sp³-hybridized carbons (Fsp3) is 0.533. The number of hydrogen-bond acceptors (Lipinski definition) is 4. The second-order valence-corrected chi connectivity index (χ2v) is 6.09. The Kier molecular flexibility index (Phi) is 5.05. The van der Waals surface area contributed by atoms with E-state index in [1.807, 2.05) is 31.2 Å². The summed E-state index contributed by atoms with van der Waals surface area (Å²) in [7, 11) is 0. The highest BCUT2D eigenvalue weighted by Gasteiger charge is 2.46. The lowest BCUT2D eigenvalue weighted by Crippen LogP contribution is -2.59. The van der Waals surface area contributed by atoms with Crippen LogP contribution in [0.3, 0.4) is 0 Å². The molecule has 0 spiro atoms. The Morgan fingerprint density at radius 3 is 2.80 bits per heavy atom. The molecule has 1 fully saturated rings. The highest BCUT2D eigenvalue weighted by atomic mass is 79.9. The molecule has 20 heavy (non-hydrogen) atoms. The number of esters is 1. The highest BCUT2D eigenvalue weighted by Crippen LogP contribution is 2.31. The standard InChI is InChI=1S/C15H21BrN2O2/c1-3-20-14(19)15(8-9-17-10-11(15)2)18-13-6-4-12(16)5-7-13/h4-7,11,17-18H,3,8-10H2,1-2H3. The van der Waals surface area contributed by atoms with Crippen LogP contribution in [0.25, 0.3) is 0 Å². The minimum Gasteiger partial charge on any atom is -0.464 e. The molecule has 2 atom stereocenters. The van der Waals surface area contributed by atoms with Gasteiger partial charge in [-0.05, 0) is 44.2 Å². The molecule has 1 aromatic rings. The Morgan fingerprint density at radius 1 is 1.50 bits per heavy atom. The van der Waals surface area contributed by atoms with Crippen LogP contribution in [0.1, 0.15) is 20.3 Å². The fourth-order valence-electron chi connectivity index (χ4n) is 2.62. The second-order valence-electron chi connectivity index (χ2n) is 5.18. The van der Waals surface area contributed by atoms with E-state index in [0.717, 1.165) is 29.7 Å². The van der Waals surface area contributed by atoms with Crippen molar-refractivity contribution in [1.82, 2.24) is 5.32 Å². The minimum absolute atomic E-state index is 0.156. The van der Waals surface area contributed by atoms with Crippen molar-refractivity contribution in [3.8, 4) is 0 Å². The molecule has 0 amide bonds. The summed E-state index contributed by atoms with van der Waals surface area (Å²) in [4.78, 5) is 12.5. The van der Waals surface area contributed by atoms with Gasteiger partial charge in [0.15, 0.2) is 0 Å². The van der Waals surface area contributed by atoms with Gasteiger partial charge in [0, 0.05) is 22.6 Å². The zero-order chi connectivity index (χ0) is 14.6. The Balaban J connectivity index is 2.26. The van der Waals surface area contributed by atoms with E-state index in [2.05, 4.69) is 33.5 Å². The number of ether oxygens (including phenoxy) is 1. The zero-order valence-electron chi connectivity index (χ0n) is 11.9. The molecule has 4 nitrogen and oxygen atoms in total. The molecule has 0 bridgehead atoms. The van der Waals surface area contributed by atoms with Gasteiger partial charge in [-0.25, -0.2) is 4.79 Å². The molecule has 5 heteroatoms. The van der Waals surface area contributed by atoms with Crippen LogP contribution in [0.5, 0.6) is 0 Å². The third-order valence-corrected chi connectivity index (χ3v) is 4.37. The highest BCUT2D eigenvalue weighted by molar-refractivity contribution is 9.10. The Labute approximate surface area is 128 Å². The summed E-state index contributed by atoms with van der Waals surface area (Å²) in [6.45, 7) is 5.95. The van der Waals surface area contributed by atoms with Crippen LogP contribution in [0.15, 0.2) is 28.7 Å². The van der Waals surface area contributed by atoms with Gasteiger partial charge < -0.3 is 15.4 Å². The van der Waals surface area contributed by atoms with E-state index in [0.29, 0.717) is 6.61 Å². The van der Waals surface area contributed by atoms with Gasteiger partial charge in [0.1, 0.15) is 5.54 Å². The fourth-order valence-corrected chi connectivity index (χ4v) is 2.88. The molecular formula is C15H21BrN2O2. The molecule has 0 aliphatic carbocycles. The molecule has 1 aliphatic heterocycles. The molecule has 0 aromatic heterocycles. The molecule has 110 valence electrons. The van der Waals surface area contributed by atoms with Crippen LogP contribution in [-0.2, 0) is 9.53 Å². The van der Waals surface area contributed by atoms with Crippen molar-refractivity contribution in [1.29, 1.82) is 0 Å². The molecule has 2 unspecified atom stereocenters. The largest absolute Gasteiger partial charge is 0.464 e. The van der Waals surface area contributed by atoms with Crippen molar-refractivity contribution in [2.24, 2.45) is 5.92 Å². The third kappa shape index (κ3) is 3.15. The number of benzene rings is 1. The number of nitrogens with one attached hydrogen (secondary N) is 2. The van der Waals surface area contributed by atoms with Gasteiger partial charge in [0.05, 0.1) is 6.61 Å². The first kappa shape index (κ1) is 15.3. The molecule has 1 aromatic carbocycles. The van der Waals surface area contributed by atoms with Crippen LogP contribution < -0.4 is 10.6 Å². The quantitative estimate of drug-likeness (QED) is 0.827. The minimum atomic E-state index is -0.644. The number of piperidine rings is 1. The van der Waals surface area contributed by atoms with Gasteiger partial charge >= 0.3 is 5.97 Å². The van der Waals surface area contributed by atoms with Gasteiger partial charge in [-0.15, -0.1) is 0 Å². The van der Waals surface area contributed by atoms with Crippen LogP contribution in [0.2, 0.25) is 0 Å². The predicted molar refractivity (Wildman–Crippen MR) is 83.8 cm³/mol. The lowest BCUT2D eigenvalue weighted by atomic mass is 9.79. The van der Waals surface area contributed by atoms with Gasteiger partial charge in [-0.2, -0.15) is 0 Å². The van der Waals surface area contributed by atoms with Gasteiger partial charge in [-0.3, -0.25) is 0 Å². The van der Waals surface area contributed by atoms with Crippen molar-refractivity contribution < 1.29 is 9.53 Å². The monoisotopic (exact) mass is 340 g/mol. The van der Waals surface area contributed by atoms with Crippen molar-refractivity contribution >= 4 is 27.6 Å². The molecule has 0 saturated carbocycles. The van der Waals surface area contributed by atoms with Gasteiger partial charge in [-0.1, -0.05) is 22.9 Å². The summed E-state index contributed by atoms with van der Waals surface area (Å²) < 4.78 is 6.33. The first-order valence-corrected chi connectivity index (χ1v) is 7.79. The number of anilines is 1. The van der Waals surface area contributed by atoms with Crippen LogP contribution in [0.4, 0.5) is 5.69 Å². The van der Waals surface area contributed by atoms with E-state index in [-0.39, 0.29) is 11.9 Å². The van der Waals surface area contributed by atoms with Crippen molar-refractivity contribution in [3.63, 3.8) is 0 Å². The molecule has 2 rings (SSSR count). The number of carbonyl (C=O) groups excluding carboxylic acids is 1. The predicted octanol–water partition coefficient (Wildman–Crippen LogP) is 2.79. The molecule has 1 aliphatic rings. The normalized spacial score (nSPS) is 26.1. The molecule has 0 radical (unpaired) electrons. The Morgan fingerprint density at radius 2 is 2.20 bits per heavy atom. The molecular weight excluding hydrogens is 320 g/mol. The average Bonchev–Trinajstić information content (AvgIpc) is 2.44. The summed E-state index contributed by atoms with van der Waals surface area (Å²) in [5, 5.41) is 6.75. The number of carbonyl (C=O) groups is 1. The summed E-state index contributed by atoms with van der Waals surface area (Å²) >= 11 is 3.42. The lowest BCUT2D eigenvalue weighted by Gasteiger charge is -2.41. The van der Waals surface area contributed by atoms with E-state index in [1.165, 1.54) is 0 Å². The first-order chi connectivity index (χ1) is 9.58. The summed E-state index contributed by atoms with van der Waals surface area (Å²) in [5.41, 5.74) is 0.296. The maximum atomic E-state index is 12.5. The number of rotatable bonds is 4. The first-order valence-electron chi connectivity index (χ1n) is 7.00. The van der Waals surface area contributed by atoms with Gasteiger partial charge in [0.25, 0.3) is 0 Å². The van der Waals surface area contributed by atoms with Crippen molar-refractivity contribution in [2.75, 3.05) is 25.0 Å². The van der Waals surface area contributed by atoms with Gasteiger partial charge in [0.2, 0.25) is 0 Å². The molecule has 2 N–H and O–H groups in total. The summed E-state index contributed by atoms with van der Waals surface area (Å²) in [6.07, 6.45) is 0.725. The van der Waals surface area contributed by atoms with E-state index >= 15 is 0 Å². The van der Waals surface area contributed by atoms with Crippen LogP contribution in [-0.4, -0.2) is 31.2 Å². The topological polar surface area (TPSA) is 50.4 Å². The Bertz CT molecular complexity index is 463. The second kappa shape index (κ2) is 6.59. The Hall–Kier alpha value is -1.07.